The lowest BCUT2D eigenvalue weighted by Crippen LogP contribution is -2.40. The van der Waals surface area contributed by atoms with Gasteiger partial charge in [-0.25, -0.2) is 14.0 Å². The van der Waals surface area contributed by atoms with Crippen molar-refractivity contribution >= 4 is 23.6 Å². The molecule has 0 radical (unpaired) electrons. The van der Waals surface area contributed by atoms with E-state index in [1.165, 1.54) is 20.1 Å². The maximum absolute atomic E-state index is 13.5. The highest BCUT2D eigenvalue weighted by atomic mass is 19.1. The molecular formula is C16H20FN3O4. The largest absolute Gasteiger partial charge is 0.467 e. The van der Waals surface area contributed by atoms with Gasteiger partial charge in [0, 0.05) is 13.1 Å². The quantitative estimate of drug-likeness (QED) is 0.819. The van der Waals surface area contributed by atoms with E-state index in [2.05, 4.69) is 15.4 Å². The molecule has 2 N–H and O–H groups in total. The molecule has 8 heteroatoms. The number of halogens is 1. The molecule has 0 aromatic heterocycles. The lowest BCUT2D eigenvalue weighted by Gasteiger charge is -2.18. The molecule has 0 aliphatic carbocycles. The van der Waals surface area contributed by atoms with Crippen molar-refractivity contribution in [2.45, 2.75) is 25.8 Å². The topological polar surface area (TPSA) is 87.7 Å². The molecule has 0 unspecified atom stereocenters. The van der Waals surface area contributed by atoms with Crippen LogP contribution in [0.15, 0.2) is 18.2 Å². The number of ether oxygens (including phenoxy) is 1. The van der Waals surface area contributed by atoms with Gasteiger partial charge in [0.05, 0.1) is 18.4 Å². The number of hydrogen-bond acceptors (Lipinski definition) is 4. The summed E-state index contributed by atoms with van der Waals surface area (Å²) in [6.07, 6.45) is 1.86. The first kappa shape index (κ1) is 17.7. The van der Waals surface area contributed by atoms with Crippen LogP contribution in [-0.2, 0) is 9.53 Å². The van der Waals surface area contributed by atoms with Crippen LogP contribution in [0.2, 0.25) is 0 Å². The van der Waals surface area contributed by atoms with Crippen molar-refractivity contribution in [3.05, 3.63) is 29.6 Å². The zero-order chi connectivity index (χ0) is 17.7. The van der Waals surface area contributed by atoms with Gasteiger partial charge in [0.15, 0.2) is 0 Å². The molecule has 3 amide bonds. The molecule has 1 atom stereocenters. The fourth-order valence-corrected chi connectivity index (χ4v) is 2.44. The van der Waals surface area contributed by atoms with E-state index in [-0.39, 0.29) is 17.3 Å². The zero-order valence-electron chi connectivity index (χ0n) is 13.6. The summed E-state index contributed by atoms with van der Waals surface area (Å²) in [4.78, 5) is 37.5. The fraction of sp³-hybridized carbons (Fsp3) is 0.438. The van der Waals surface area contributed by atoms with Crippen LogP contribution >= 0.6 is 0 Å². The lowest BCUT2D eigenvalue weighted by atomic mass is 10.1. The second-order valence-electron chi connectivity index (χ2n) is 5.53. The van der Waals surface area contributed by atoms with E-state index in [1.54, 1.807) is 4.90 Å². The summed E-state index contributed by atoms with van der Waals surface area (Å²) in [5, 5.41) is 5.03. The van der Waals surface area contributed by atoms with Crippen LogP contribution in [0.25, 0.3) is 0 Å². The minimum Gasteiger partial charge on any atom is -0.467 e. The monoisotopic (exact) mass is 337 g/mol. The zero-order valence-corrected chi connectivity index (χ0v) is 13.6. The predicted molar refractivity (Wildman–Crippen MR) is 85.2 cm³/mol. The lowest BCUT2D eigenvalue weighted by molar-refractivity contribution is -0.142. The van der Waals surface area contributed by atoms with Crippen molar-refractivity contribution < 1.29 is 23.5 Å². The Kier molecular flexibility index (Phi) is 5.73. The van der Waals surface area contributed by atoms with Crippen molar-refractivity contribution in [3.63, 3.8) is 0 Å². The Morgan fingerprint density at radius 2 is 1.92 bits per heavy atom. The Bertz CT molecular complexity index is 644. The maximum Gasteiger partial charge on any atom is 0.328 e. The van der Waals surface area contributed by atoms with Crippen LogP contribution in [0.3, 0.4) is 0 Å². The molecule has 24 heavy (non-hydrogen) atoms. The van der Waals surface area contributed by atoms with Crippen LogP contribution < -0.4 is 10.6 Å². The minimum absolute atomic E-state index is 0.0571. The van der Waals surface area contributed by atoms with Gasteiger partial charge in [-0.15, -0.1) is 0 Å². The minimum atomic E-state index is -0.895. The molecule has 0 saturated carbocycles. The van der Waals surface area contributed by atoms with Gasteiger partial charge in [-0.1, -0.05) is 0 Å². The third-order valence-electron chi connectivity index (χ3n) is 3.76. The predicted octanol–water partition coefficient (Wildman–Crippen LogP) is 1.74. The first-order valence-electron chi connectivity index (χ1n) is 7.66. The number of rotatable bonds is 4. The summed E-state index contributed by atoms with van der Waals surface area (Å²) < 4.78 is 18.0. The number of nitrogens with zero attached hydrogens (tertiary/aromatic N) is 1. The number of likely N-dealkylation sites (tertiary alicyclic amines) is 1. The summed E-state index contributed by atoms with van der Waals surface area (Å²) in [6.45, 7) is 2.74. The highest BCUT2D eigenvalue weighted by Gasteiger charge is 2.22. The Morgan fingerprint density at radius 3 is 2.54 bits per heavy atom. The summed E-state index contributed by atoms with van der Waals surface area (Å²) in [5.74, 6) is -1.92. The van der Waals surface area contributed by atoms with Crippen molar-refractivity contribution in [2.24, 2.45) is 0 Å². The van der Waals surface area contributed by atoms with E-state index in [4.69, 9.17) is 0 Å². The number of carbonyl (C=O) groups excluding carboxylic acids is 3. The van der Waals surface area contributed by atoms with Crippen LogP contribution in [0, 0.1) is 5.82 Å². The molecule has 1 aromatic rings. The average Bonchev–Trinajstić information content (AvgIpc) is 3.10. The van der Waals surface area contributed by atoms with Crippen molar-refractivity contribution in [1.82, 2.24) is 10.2 Å². The first-order chi connectivity index (χ1) is 11.4. The second kappa shape index (κ2) is 7.76. The van der Waals surface area contributed by atoms with E-state index in [0.717, 1.165) is 25.0 Å². The molecule has 1 heterocycles. The van der Waals surface area contributed by atoms with Crippen molar-refractivity contribution in [1.29, 1.82) is 0 Å². The molecule has 0 bridgehead atoms. The number of benzene rings is 1. The van der Waals surface area contributed by atoms with Crippen LogP contribution in [0.5, 0.6) is 0 Å². The number of esters is 1. The highest BCUT2D eigenvalue weighted by molar-refractivity contribution is 6.04. The summed E-state index contributed by atoms with van der Waals surface area (Å²) in [6, 6.07) is 2.25. The molecule has 1 aromatic carbocycles. The van der Waals surface area contributed by atoms with Crippen molar-refractivity contribution in [3.8, 4) is 0 Å². The number of anilines is 1. The Morgan fingerprint density at radius 1 is 1.25 bits per heavy atom. The summed E-state index contributed by atoms with van der Waals surface area (Å²) in [5.41, 5.74) is 0.126. The van der Waals surface area contributed by atoms with Crippen LogP contribution in [-0.4, -0.2) is 49.0 Å². The molecule has 1 aliphatic heterocycles. The molecule has 0 spiro atoms. The van der Waals surface area contributed by atoms with Crippen LogP contribution in [0.4, 0.5) is 14.9 Å². The van der Waals surface area contributed by atoms with Crippen molar-refractivity contribution in [2.75, 3.05) is 25.5 Å². The Balaban J connectivity index is 2.16. The highest BCUT2D eigenvalue weighted by Crippen LogP contribution is 2.19. The van der Waals surface area contributed by atoms with E-state index in [1.807, 2.05) is 0 Å². The third-order valence-corrected chi connectivity index (χ3v) is 3.76. The molecular weight excluding hydrogens is 317 g/mol. The number of amides is 3. The van der Waals surface area contributed by atoms with Gasteiger partial charge >= 0.3 is 12.0 Å². The molecule has 130 valence electrons. The van der Waals surface area contributed by atoms with Gasteiger partial charge in [-0.2, -0.15) is 0 Å². The molecule has 1 aliphatic rings. The van der Waals surface area contributed by atoms with Gasteiger partial charge in [0.1, 0.15) is 11.9 Å². The number of urea groups is 1. The van der Waals surface area contributed by atoms with Gasteiger partial charge in [0.25, 0.3) is 5.91 Å². The number of methoxy groups -OCH3 is 1. The van der Waals surface area contributed by atoms with Gasteiger partial charge < -0.3 is 20.3 Å². The first-order valence-corrected chi connectivity index (χ1v) is 7.66. The number of hydrogen-bond donors (Lipinski definition) is 2. The summed E-state index contributed by atoms with van der Waals surface area (Å²) >= 11 is 0. The Hall–Kier alpha value is -2.64. The number of carbonyl (C=O) groups is 3. The van der Waals surface area contributed by atoms with E-state index in [0.29, 0.717) is 13.1 Å². The molecule has 2 rings (SSSR count). The molecule has 1 fully saturated rings. The standard InChI is InChI=1S/C16H20FN3O4/c1-10(15(22)24-2)18-14(21)12-9-11(17)5-6-13(12)19-16(23)20-7-3-4-8-20/h5-6,9-10H,3-4,7-8H2,1-2H3,(H,18,21)(H,19,23)/t10-/m1/s1. The van der Waals surface area contributed by atoms with Gasteiger partial charge in [-0.05, 0) is 38.0 Å². The van der Waals surface area contributed by atoms with E-state index < -0.39 is 23.7 Å². The van der Waals surface area contributed by atoms with E-state index >= 15 is 0 Å². The van der Waals surface area contributed by atoms with Crippen LogP contribution in [0.1, 0.15) is 30.1 Å². The molecule has 7 nitrogen and oxygen atoms in total. The Labute approximate surface area is 139 Å². The number of nitrogens with one attached hydrogen (secondary N) is 2. The van der Waals surface area contributed by atoms with E-state index in [9.17, 15) is 18.8 Å². The van der Waals surface area contributed by atoms with Gasteiger partial charge in [0.2, 0.25) is 0 Å². The molecule has 1 saturated heterocycles. The van der Waals surface area contributed by atoms with Gasteiger partial charge in [-0.3, -0.25) is 4.79 Å². The smallest absolute Gasteiger partial charge is 0.328 e. The third kappa shape index (κ3) is 4.21. The second-order valence-corrected chi connectivity index (χ2v) is 5.53. The summed E-state index contributed by atoms with van der Waals surface area (Å²) in [7, 11) is 1.20. The maximum atomic E-state index is 13.5. The fourth-order valence-electron chi connectivity index (χ4n) is 2.44. The SMILES string of the molecule is COC(=O)[C@@H](C)NC(=O)c1cc(F)ccc1NC(=O)N1CCCC1. The normalized spacial score (nSPS) is 14.9. The average molecular weight is 337 g/mol.